The van der Waals surface area contributed by atoms with Crippen LogP contribution in [0.1, 0.15) is 5.56 Å². The molecule has 3 aromatic heterocycles. The summed E-state index contributed by atoms with van der Waals surface area (Å²) in [5.41, 5.74) is 3.74. The maximum atomic E-state index is 11.5. The minimum absolute atomic E-state index is 0.114. The number of aromatic amines is 1. The summed E-state index contributed by atoms with van der Waals surface area (Å²) in [6.07, 6.45) is 2.75. The van der Waals surface area contributed by atoms with E-state index in [-0.39, 0.29) is 5.56 Å². The van der Waals surface area contributed by atoms with E-state index in [0.29, 0.717) is 22.5 Å². The molecule has 8 heteroatoms. The molecule has 2 aromatic carbocycles. The number of nitrogens with one attached hydrogen (secondary N) is 1. The second kappa shape index (κ2) is 6.63. The molecule has 0 spiro atoms. The summed E-state index contributed by atoms with van der Waals surface area (Å²) < 4.78 is 1.44. The van der Waals surface area contributed by atoms with Gasteiger partial charge in [-0.1, -0.05) is 24.3 Å². The molecule has 0 saturated carbocycles. The summed E-state index contributed by atoms with van der Waals surface area (Å²) in [5.74, 6) is -2.03. The number of aromatic nitrogens is 4. The first-order valence-corrected chi connectivity index (χ1v) is 9.19. The summed E-state index contributed by atoms with van der Waals surface area (Å²) in [7, 11) is 0. The monoisotopic (exact) mass is 400 g/mol. The van der Waals surface area contributed by atoms with Crippen LogP contribution in [0, 0.1) is 0 Å². The third kappa shape index (κ3) is 2.66. The molecule has 0 atom stereocenters. The highest BCUT2D eigenvalue weighted by atomic mass is 16.4. The number of nitrogens with zero attached hydrogens (tertiary/aromatic N) is 3. The van der Waals surface area contributed by atoms with Crippen molar-refractivity contribution in [1.29, 1.82) is 0 Å². The van der Waals surface area contributed by atoms with Crippen LogP contribution < -0.4 is 0 Å². The van der Waals surface area contributed by atoms with E-state index < -0.39 is 24.0 Å². The lowest BCUT2D eigenvalue weighted by Crippen LogP contribution is -2.04. The first kappa shape index (κ1) is 17.7. The minimum Gasteiger partial charge on any atom is -0.503 e. The fourth-order valence-corrected chi connectivity index (χ4v) is 3.80. The van der Waals surface area contributed by atoms with E-state index in [0.717, 1.165) is 16.4 Å². The Labute approximate surface area is 169 Å². The van der Waals surface area contributed by atoms with E-state index in [1.54, 1.807) is 36.8 Å². The predicted octanol–water partition coefficient (Wildman–Crippen LogP) is 3.61. The summed E-state index contributed by atoms with van der Waals surface area (Å²) in [6, 6.07) is 14.5. The smallest absolute Gasteiger partial charge is 0.308 e. The zero-order valence-corrected chi connectivity index (χ0v) is 15.6. The SMILES string of the molecule is O=C(O)Cc1c(O)c(O)n(-c2ccc3nc[nH]c3c2)c1-c1cccc2cccnc12. The number of aliphatic carboxylic acids is 1. The van der Waals surface area contributed by atoms with Crippen LogP contribution in [0.4, 0.5) is 0 Å². The van der Waals surface area contributed by atoms with Gasteiger partial charge in [0.1, 0.15) is 0 Å². The third-order valence-electron chi connectivity index (χ3n) is 5.10. The molecule has 0 radical (unpaired) electrons. The molecule has 30 heavy (non-hydrogen) atoms. The summed E-state index contributed by atoms with van der Waals surface area (Å²) in [6.45, 7) is 0. The van der Waals surface area contributed by atoms with Gasteiger partial charge in [-0.15, -0.1) is 0 Å². The van der Waals surface area contributed by atoms with Gasteiger partial charge in [-0.2, -0.15) is 0 Å². The van der Waals surface area contributed by atoms with Gasteiger partial charge in [0.2, 0.25) is 5.88 Å². The number of hydrogen-bond donors (Lipinski definition) is 4. The molecule has 4 N–H and O–H groups in total. The molecular weight excluding hydrogens is 384 g/mol. The van der Waals surface area contributed by atoms with E-state index in [1.807, 2.05) is 24.3 Å². The predicted molar refractivity (Wildman–Crippen MR) is 111 cm³/mol. The molecule has 0 aliphatic heterocycles. The summed E-state index contributed by atoms with van der Waals surface area (Å²) >= 11 is 0. The van der Waals surface area contributed by atoms with E-state index in [1.165, 1.54) is 4.57 Å². The van der Waals surface area contributed by atoms with Crippen molar-refractivity contribution < 1.29 is 20.1 Å². The Morgan fingerprint density at radius 2 is 1.90 bits per heavy atom. The van der Waals surface area contributed by atoms with Crippen LogP contribution in [0.25, 0.3) is 38.9 Å². The highest BCUT2D eigenvalue weighted by Crippen LogP contribution is 2.44. The quantitative estimate of drug-likeness (QED) is 0.365. The van der Waals surface area contributed by atoms with Crippen molar-refractivity contribution in [2.75, 3.05) is 0 Å². The van der Waals surface area contributed by atoms with Crippen molar-refractivity contribution >= 4 is 27.9 Å². The minimum atomic E-state index is -1.12. The number of carbonyl (C=O) groups is 1. The zero-order valence-electron chi connectivity index (χ0n) is 15.6. The molecule has 0 fully saturated rings. The van der Waals surface area contributed by atoms with Crippen LogP contribution in [0.3, 0.4) is 0 Å². The summed E-state index contributed by atoms with van der Waals surface area (Å²) in [4.78, 5) is 23.2. The number of rotatable bonds is 4. The van der Waals surface area contributed by atoms with Crippen LogP contribution in [0.15, 0.2) is 61.1 Å². The van der Waals surface area contributed by atoms with E-state index in [9.17, 15) is 20.1 Å². The Hall–Kier alpha value is -4.33. The molecule has 0 aliphatic carbocycles. The van der Waals surface area contributed by atoms with Crippen LogP contribution in [-0.2, 0) is 11.2 Å². The number of hydrogen-bond acceptors (Lipinski definition) is 5. The van der Waals surface area contributed by atoms with Gasteiger partial charge >= 0.3 is 5.97 Å². The maximum Gasteiger partial charge on any atom is 0.308 e. The van der Waals surface area contributed by atoms with Crippen molar-refractivity contribution in [3.63, 3.8) is 0 Å². The van der Waals surface area contributed by atoms with Gasteiger partial charge in [-0.25, -0.2) is 4.98 Å². The van der Waals surface area contributed by atoms with Crippen molar-refractivity contribution in [2.24, 2.45) is 0 Å². The lowest BCUT2D eigenvalue weighted by atomic mass is 10.0. The maximum absolute atomic E-state index is 11.5. The zero-order chi connectivity index (χ0) is 20.8. The Morgan fingerprint density at radius 3 is 2.73 bits per heavy atom. The molecule has 3 heterocycles. The molecule has 0 unspecified atom stereocenters. The Kier molecular flexibility index (Phi) is 3.92. The standard InChI is InChI=1S/C22H16N4O4/c27-18(28)10-15-20(14-5-1-3-12-4-2-8-23-19(12)14)26(22(30)21(15)29)13-6-7-16-17(9-13)25-11-24-16/h1-9,11,29-30H,10H2,(H,24,25)(H,27,28). The molecule has 8 nitrogen and oxygen atoms in total. The van der Waals surface area contributed by atoms with Gasteiger partial charge in [-0.3, -0.25) is 14.3 Å². The molecule has 5 rings (SSSR count). The number of H-pyrrole nitrogens is 1. The van der Waals surface area contributed by atoms with Gasteiger partial charge < -0.3 is 20.3 Å². The molecule has 0 bridgehead atoms. The average Bonchev–Trinajstić information content (AvgIpc) is 3.31. The number of carboxylic acids is 1. The fraction of sp³-hybridized carbons (Fsp3) is 0.0455. The number of benzene rings is 2. The third-order valence-corrected chi connectivity index (χ3v) is 5.10. The van der Waals surface area contributed by atoms with E-state index in [4.69, 9.17) is 0 Å². The lowest BCUT2D eigenvalue weighted by Gasteiger charge is -2.13. The van der Waals surface area contributed by atoms with Crippen LogP contribution >= 0.6 is 0 Å². The molecule has 0 aliphatic rings. The molecular formula is C22H16N4O4. The molecule has 148 valence electrons. The topological polar surface area (TPSA) is 124 Å². The van der Waals surface area contributed by atoms with E-state index in [2.05, 4.69) is 15.0 Å². The van der Waals surface area contributed by atoms with Gasteiger partial charge in [0.15, 0.2) is 5.75 Å². The van der Waals surface area contributed by atoms with Gasteiger partial charge in [-0.05, 0) is 24.3 Å². The second-order valence-corrected chi connectivity index (χ2v) is 6.89. The molecule has 0 amide bonds. The number of imidazole rings is 1. The van der Waals surface area contributed by atoms with Gasteiger partial charge in [0, 0.05) is 22.7 Å². The van der Waals surface area contributed by atoms with Crippen LogP contribution in [-0.4, -0.2) is 40.8 Å². The fourth-order valence-electron chi connectivity index (χ4n) is 3.80. The number of fused-ring (bicyclic) bond motifs is 2. The van der Waals surface area contributed by atoms with Crippen molar-refractivity contribution in [3.05, 3.63) is 66.6 Å². The van der Waals surface area contributed by atoms with Crippen molar-refractivity contribution in [2.45, 2.75) is 6.42 Å². The number of pyridine rings is 1. The first-order valence-electron chi connectivity index (χ1n) is 9.19. The number of aromatic hydroxyl groups is 2. The van der Waals surface area contributed by atoms with Gasteiger partial charge in [0.25, 0.3) is 0 Å². The van der Waals surface area contributed by atoms with Crippen molar-refractivity contribution in [3.8, 4) is 28.6 Å². The van der Waals surface area contributed by atoms with Crippen molar-refractivity contribution in [1.82, 2.24) is 19.5 Å². The molecule has 0 saturated heterocycles. The van der Waals surface area contributed by atoms with Crippen LogP contribution in [0.2, 0.25) is 0 Å². The summed E-state index contributed by atoms with van der Waals surface area (Å²) in [5, 5.41) is 31.7. The average molecular weight is 400 g/mol. The Bertz CT molecular complexity index is 1430. The first-order chi connectivity index (χ1) is 14.5. The molecule has 5 aromatic rings. The Balaban J connectivity index is 1.88. The Morgan fingerprint density at radius 1 is 1.07 bits per heavy atom. The normalized spacial score (nSPS) is 11.3. The van der Waals surface area contributed by atoms with Gasteiger partial charge in [0.05, 0.1) is 40.7 Å². The lowest BCUT2D eigenvalue weighted by molar-refractivity contribution is -0.136. The highest BCUT2D eigenvalue weighted by Gasteiger charge is 2.27. The number of carboxylic acid groups (broad SMARTS) is 1. The van der Waals surface area contributed by atoms with Crippen LogP contribution in [0.5, 0.6) is 11.6 Å². The van der Waals surface area contributed by atoms with E-state index >= 15 is 0 Å². The largest absolute Gasteiger partial charge is 0.503 e. The second-order valence-electron chi connectivity index (χ2n) is 6.89. The number of para-hydroxylation sites is 1. The highest BCUT2D eigenvalue weighted by molar-refractivity contribution is 5.96.